The van der Waals surface area contributed by atoms with Gasteiger partial charge in [-0.2, -0.15) is 8.78 Å². The second-order valence-electron chi connectivity index (χ2n) is 4.57. The summed E-state index contributed by atoms with van der Waals surface area (Å²) in [5, 5.41) is 8.79. The van der Waals surface area contributed by atoms with Gasteiger partial charge in [0.05, 0.1) is 7.11 Å². The molecule has 2 aromatic rings. The minimum atomic E-state index is -2.98. The van der Waals surface area contributed by atoms with Gasteiger partial charge in [-0.25, -0.2) is 4.79 Å². The fourth-order valence-corrected chi connectivity index (χ4v) is 1.71. The van der Waals surface area contributed by atoms with Crippen LogP contribution in [0.15, 0.2) is 28.7 Å². The number of halogens is 2. The smallest absolute Gasteiger partial charge is 0.338 e. The first kappa shape index (κ1) is 16.5. The van der Waals surface area contributed by atoms with Crippen LogP contribution in [0.5, 0.6) is 0 Å². The van der Waals surface area contributed by atoms with Crippen molar-refractivity contribution in [1.82, 2.24) is 15.5 Å². The molecule has 0 saturated carbocycles. The molecule has 1 N–H and O–H groups in total. The van der Waals surface area contributed by atoms with Gasteiger partial charge in [-0.05, 0) is 19.1 Å². The Bertz CT molecular complexity index is 700. The number of esters is 1. The highest BCUT2D eigenvalue weighted by atomic mass is 19.3. The fourth-order valence-electron chi connectivity index (χ4n) is 1.71. The number of ether oxygens (including phenoxy) is 1. The van der Waals surface area contributed by atoms with Crippen molar-refractivity contribution in [3.63, 3.8) is 0 Å². The van der Waals surface area contributed by atoms with E-state index in [1.165, 1.54) is 0 Å². The number of hydrogen-bond donors (Lipinski definition) is 1. The van der Waals surface area contributed by atoms with Crippen LogP contribution in [0.2, 0.25) is 0 Å². The standard InChI is InChI=1S/C14H13F2N3O4/c1-7-3-5-8(6-4-7)11(20)17-9(14(21)22-2)12-18-19-13(23-12)10(15)16/h3-6,9-10H,1-2H3,(H,17,20). The molecule has 0 aliphatic heterocycles. The lowest BCUT2D eigenvalue weighted by Gasteiger charge is -2.13. The minimum Gasteiger partial charge on any atom is -0.467 e. The summed E-state index contributed by atoms with van der Waals surface area (Å²) >= 11 is 0. The van der Waals surface area contributed by atoms with Gasteiger partial charge in [0.1, 0.15) is 0 Å². The molecular weight excluding hydrogens is 312 g/mol. The molecule has 1 atom stereocenters. The van der Waals surface area contributed by atoms with Gasteiger partial charge in [-0.1, -0.05) is 17.7 Å². The summed E-state index contributed by atoms with van der Waals surface area (Å²) in [6, 6.07) is 5.05. The summed E-state index contributed by atoms with van der Waals surface area (Å²) < 4.78 is 34.2. The van der Waals surface area contributed by atoms with Crippen LogP contribution in [0.25, 0.3) is 0 Å². The number of alkyl halides is 2. The summed E-state index contributed by atoms with van der Waals surface area (Å²) in [7, 11) is 1.08. The maximum absolute atomic E-state index is 12.5. The molecule has 0 fully saturated rings. The molecule has 9 heteroatoms. The summed E-state index contributed by atoms with van der Waals surface area (Å²) in [5.74, 6) is -2.96. The van der Waals surface area contributed by atoms with Crippen molar-refractivity contribution in [1.29, 1.82) is 0 Å². The zero-order valence-corrected chi connectivity index (χ0v) is 12.2. The highest BCUT2D eigenvalue weighted by Gasteiger charge is 2.31. The normalized spacial score (nSPS) is 12.0. The zero-order chi connectivity index (χ0) is 17.0. The summed E-state index contributed by atoms with van der Waals surface area (Å²) in [4.78, 5) is 23.9. The number of aromatic nitrogens is 2. The van der Waals surface area contributed by atoms with Crippen molar-refractivity contribution in [2.24, 2.45) is 0 Å². The van der Waals surface area contributed by atoms with Crippen molar-refractivity contribution >= 4 is 11.9 Å². The second-order valence-corrected chi connectivity index (χ2v) is 4.57. The highest BCUT2D eigenvalue weighted by Crippen LogP contribution is 2.21. The van der Waals surface area contributed by atoms with Crippen LogP contribution in [0, 0.1) is 6.92 Å². The maximum atomic E-state index is 12.5. The summed E-state index contributed by atoms with van der Waals surface area (Å²) in [5.41, 5.74) is 1.22. The third-order valence-electron chi connectivity index (χ3n) is 2.92. The van der Waals surface area contributed by atoms with E-state index in [0.29, 0.717) is 0 Å². The molecule has 0 spiro atoms. The van der Waals surface area contributed by atoms with E-state index >= 15 is 0 Å². The number of methoxy groups -OCH3 is 1. The van der Waals surface area contributed by atoms with Crippen LogP contribution in [-0.2, 0) is 9.53 Å². The number of carbonyl (C=O) groups is 2. The molecule has 2 rings (SSSR count). The number of hydrogen-bond acceptors (Lipinski definition) is 6. The molecule has 1 unspecified atom stereocenters. The van der Waals surface area contributed by atoms with E-state index in [1.54, 1.807) is 24.3 Å². The molecular formula is C14H13F2N3O4. The number of carbonyl (C=O) groups excluding carboxylic acids is 2. The van der Waals surface area contributed by atoms with Crippen LogP contribution >= 0.6 is 0 Å². The van der Waals surface area contributed by atoms with Gasteiger partial charge >= 0.3 is 12.4 Å². The van der Waals surface area contributed by atoms with E-state index in [0.717, 1.165) is 12.7 Å². The van der Waals surface area contributed by atoms with E-state index in [2.05, 4.69) is 20.3 Å². The van der Waals surface area contributed by atoms with Crippen molar-refractivity contribution in [2.75, 3.05) is 7.11 Å². The molecule has 122 valence electrons. The van der Waals surface area contributed by atoms with Crippen LogP contribution in [0.1, 0.15) is 40.2 Å². The lowest BCUT2D eigenvalue weighted by Crippen LogP contribution is -2.34. The molecule has 1 heterocycles. The third-order valence-corrected chi connectivity index (χ3v) is 2.92. The van der Waals surface area contributed by atoms with Gasteiger partial charge in [0, 0.05) is 5.56 Å². The molecule has 0 bridgehead atoms. The summed E-state index contributed by atoms with van der Waals surface area (Å²) in [6.07, 6.45) is -2.98. The van der Waals surface area contributed by atoms with E-state index in [4.69, 9.17) is 4.42 Å². The van der Waals surface area contributed by atoms with Crippen molar-refractivity contribution in [3.05, 3.63) is 47.2 Å². The maximum Gasteiger partial charge on any atom is 0.338 e. The largest absolute Gasteiger partial charge is 0.467 e. The van der Waals surface area contributed by atoms with Crippen molar-refractivity contribution in [3.8, 4) is 0 Å². The van der Waals surface area contributed by atoms with Gasteiger partial charge in [0.15, 0.2) is 0 Å². The van der Waals surface area contributed by atoms with E-state index in [1.807, 2.05) is 6.92 Å². The van der Waals surface area contributed by atoms with Crippen LogP contribution in [-0.4, -0.2) is 29.2 Å². The molecule has 7 nitrogen and oxygen atoms in total. The Balaban J connectivity index is 2.23. The molecule has 1 aromatic heterocycles. The fraction of sp³-hybridized carbons (Fsp3) is 0.286. The lowest BCUT2D eigenvalue weighted by molar-refractivity contribution is -0.143. The number of amides is 1. The minimum absolute atomic E-state index is 0.276. The van der Waals surface area contributed by atoms with Gasteiger partial charge in [0.2, 0.25) is 6.04 Å². The van der Waals surface area contributed by atoms with Gasteiger partial charge in [-0.15, -0.1) is 10.2 Å². The van der Waals surface area contributed by atoms with E-state index < -0.39 is 36.1 Å². The number of rotatable bonds is 5. The van der Waals surface area contributed by atoms with Crippen LogP contribution in [0.4, 0.5) is 8.78 Å². The Morgan fingerprint density at radius 1 is 1.17 bits per heavy atom. The lowest BCUT2D eigenvalue weighted by atomic mass is 10.1. The molecule has 0 aliphatic carbocycles. The number of nitrogens with zero attached hydrogens (tertiary/aromatic N) is 2. The Hall–Kier alpha value is -2.84. The Morgan fingerprint density at radius 2 is 1.78 bits per heavy atom. The van der Waals surface area contributed by atoms with E-state index in [-0.39, 0.29) is 5.56 Å². The van der Waals surface area contributed by atoms with Gasteiger partial charge in [0.25, 0.3) is 17.7 Å². The quantitative estimate of drug-likeness (QED) is 0.845. The molecule has 1 amide bonds. The molecule has 0 radical (unpaired) electrons. The molecule has 1 aromatic carbocycles. The third kappa shape index (κ3) is 3.87. The SMILES string of the molecule is COC(=O)C(NC(=O)c1ccc(C)cc1)c1nnc(C(F)F)o1. The summed E-state index contributed by atoms with van der Waals surface area (Å²) in [6.45, 7) is 1.85. The topological polar surface area (TPSA) is 94.3 Å². The van der Waals surface area contributed by atoms with Gasteiger partial charge in [-0.3, -0.25) is 4.79 Å². The first-order valence-corrected chi connectivity index (χ1v) is 6.49. The second kappa shape index (κ2) is 6.95. The molecule has 0 aliphatic rings. The molecule has 0 saturated heterocycles. The number of nitrogens with one attached hydrogen (secondary N) is 1. The predicted molar refractivity (Wildman–Crippen MR) is 72.7 cm³/mol. The first-order chi connectivity index (χ1) is 10.9. The highest BCUT2D eigenvalue weighted by molar-refractivity contribution is 5.96. The van der Waals surface area contributed by atoms with Crippen molar-refractivity contribution < 1.29 is 27.5 Å². The zero-order valence-electron chi connectivity index (χ0n) is 12.2. The first-order valence-electron chi connectivity index (χ1n) is 6.49. The van der Waals surface area contributed by atoms with Gasteiger partial charge < -0.3 is 14.5 Å². The Kier molecular flexibility index (Phi) is 4.99. The number of benzene rings is 1. The monoisotopic (exact) mass is 325 g/mol. The number of aryl methyl sites for hydroxylation is 1. The van der Waals surface area contributed by atoms with E-state index in [9.17, 15) is 18.4 Å². The average Bonchev–Trinajstić information content (AvgIpc) is 3.02. The molecule has 23 heavy (non-hydrogen) atoms. The van der Waals surface area contributed by atoms with Crippen LogP contribution < -0.4 is 5.32 Å². The Morgan fingerprint density at radius 3 is 2.30 bits per heavy atom. The predicted octanol–water partition coefficient (Wildman–Crippen LogP) is 1.96. The van der Waals surface area contributed by atoms with Crippen LogP contribution in [0.3, 0.4) is 0 Å². The Labute approximate surface area is 129 Å². The van der Waals surface area contributed by atoms with Crippen molar-refractivity contribution in [2.45, 2.75) is 19.4 Å². The average molecular weight is 325 g/mol.